The van der Waals surface area contributed by atoms with Crippen LogP contribution in [0.3, 0.4) is 0 Å². The number of hydrogen-bond donors (Lipinski definition) is 1. The Balaban J connectivity index is 2.04. The summed E-state index contributed by atoms with van der Waals surface area (Å²) >= 11 is 3.20. The monoisotopic (exact) mass is 472 g/mol. The quantitative estimate of drug-likeness (QED) is 0.482. The molecule has 5 nitrogen and oxygen atoms in total. The molecule has 0 atom stereocenters. The van der Waals surface area contributed by atoms with Gasteiger partial charge in [0.15, 0.2) is 0 Å². The zero-order valence-electron chi connectivity index (χ0n) is 17.0. The second-order valence-electron chi connectivity index (χ2n) is 6.80. The summed E-state index contributed by atoms with van der Waals surface area (Å²) in [7, 11) is 0. The molecule has 0 saturated heterocycles. The molecule has 156 valence electrons. The first-order valence-electron chi connectivity index (χ1n) is 9.50. The Labute approximate surface area is 183 Å². The summed E-state index contributed by atoms with van der Waals surface area (Å²) in [6, 6.07) is 14.0. The van der Waals surface area contributed by atoms with Gasteiger partial charge in [-0.1, -0.05) is 46.3 Å². The van der Waals surface area contributed by atoms with Gasteiger partial charge in [-0.05, 0) is 50.1 Å². The van der Waals surface area contributed by atoms with Crippen LogP contribution in [-0.2, 0) is 11.3 Å². The fourth-order valence-electron chi connectivity index (χ4n) is 3.43. The highest BCUT2D eigenvalue weighted by Crippen LogP contribution is 2.27. The minimum absolute atomic E-state index is 0.0653. The largest absolute Gasteiger partial charge is 0.461 e. The summed E-state index contributed by atoms with van der Waals surface area (Å²) in [5.41, 5.74) is 2.80. The van der Waals surface area contributed by atoms with Gasteiger partial charge >= 0.3 is 5.97 Å². The van der Waals surface area contributed by atoms with Crippen molar-refractivity contribution in [2.75, 3.05) is 11.9 Å². The highest BCUT2D eigenvalue weighted by Gasteiger charge is 2.27. The number of esters is 1. The molecule has 0 saturated carbocycles. The van der Waals surface area contributed by atoms with E-state index in [1.807, 2.05) is 30.3 Å². The number of ether oxygens (including phenoxy) is 1. The molecule has 0 fully saturated rings. The highest BCUT2D eigenvalue weighted by molar-refractivity contribution is 9.10. The van der Waals surface area contributed by atoms with Gasteiger partial charge in [0.25, 0.3) is 5.91 Å². The first kappa shape index (κ1) is 21.8. The van der Waals surface area contributed by atoms with Crippen molar-refractivity contribution in [1.29, 1.82) is 0 Å². The van der Waals surface area contributed by atoms with Gasteiger partial charge in [-0.15, -0.1) is 0 Å². The Morgan fingerprint density at radius 1 is 1.13 bits per heavy atom. The Hall–Kier alpha value is -2.93. The van der Waals surface area contributed by atoms with E-state index in [9.17, 15) is 14.0 Å². The first-order valence-corrected chi connectivity index (χ1v) is 10.3. The highest BCUT2D eigenvalue weighted by atomic mass is 79.9. The molecule has 0 radical (unpaired) electrons. The molecule has 0 unspecified atom stereocenters. The van der Waals surface area contributed by atoms with Crippen molar-refractivity contribution in [3.8, 4) is 0 Å². The number of halogens is 2. The molecule has 1 heterocycles. The number of amides is 1. The van der Waals surface area contributed by atoms with Crippen LogP contribution >= 0.6 is 15.9 Å². The van der Waals surface area contributed by atoms with Gasteiger partial charge in [-0.2, -0.15) is 0 Å². The van der Waals surface area contributed by atoms with Crippen molar-refractivity contribution in [3.05, 3.63) is 86.9 Å². The average molecular weight is 473 g/mol. The van der Waals surface area contributed by atoms with Gasteiger partial charge in [0.1, 0.15) is 11.5 Å². The molecule has 1 N–H and O–H groups in total. The summed E-state index contributed by atoms with van der Waals surface area (Å²) in [5, 5.41) is 2.61. The normalized spacial score (nSPS) is 10.7. The van der Waals surface area contributed by atoms with Gasteiger partial charge in [-0.3, -0.25) is 4.79 Å². The molecule has 2 aromatic carbocycles. The molecule has 0 aliphatic heterocycles. The Morgan fingerprint density at radius 2 is 1.83 bits per heavy atom. The average Bonchev–Trinajstić information content (AvgIpc) is 2.95. The van der Waals surface area contributed by atoms with Crippen LogP contribution < -0.4 is 5.32 Å². The molecule has 0 spiro atoms. The van der Waals surface area contributed by atoms with Gasteiger partial charge in [-0.25, -0.2) is 9.18 Å². The smallest absolute Gasteiger partial charge is 0.355 e. The number of nitrogens with one attached hydrogen (secondary N) is 1. The zero-order chi connectivity index (χ0) is 21.8. The van der Waals surface area contributed by atoms with Crippen molar-refractivity contribution in [1.82, 2.24) is 4.57 Å². The van der Waals surface area contributed by atoms with Crippen LogP contribution in [0.5, 0.6) is 0 Å². The fourth-order valence-corrected chi connectivity index (χ4v) is 3.76. The van der Waals surface area contributed by atoms with E-state index in [4.69, 9.17) is 4.74 Å². The van der Waals surface area contributed by atoms with Crippen LogP contribution in [0.2, 0.25) is 0 Å². The fraction of sp³-hybridized carbons (Fsp3) is 0.217. The van der Waals surface area contributed by atoms with Gasteiger partial charge in [0.2, 0.25) is 0 Å². The minimum atomic E-state index is -0.553. The number of hydrogen-bond acceptors (Lipinski definition) is 3. The Morgan fingerprint density at radius 3 is 2.47 bits per heavy atom. The lowest BCUT2D eigenvalue weighted by atomic mass is 10.1. The van der Waals surface area contributed by atoms with E-state index >= 15 is 0 Å². The standard InChI is InChI=1S/C23H22BrFN2O3/c1-4-30-23(29)21-14(2)20(15(3)27(21)13-16-8-6-5-7-9-16)22(28)26-19-11-10-17(24)12-18(19)25/h5-12H,4,13H2,1-3H3,(H,26,28). The molecule has 0 bridgehead atoms. The predicted molar refractivity (Wildman–Crippen MR) is 117 cm³/mol. The van der Waals surface area contributed by atoms with Crippen LogP contribution in [0.1, 0.15) is 44.6 Å². The molecular weight excluding hydrogens is 451 g/mol. The van der Waals surface area contributed by atoms with Crippen molar-refractivity contribution >= 4 is 33.5 Å². The summed E-state index contributed by atoms with van der Waals surface area (Å²) in [4.78, 5) is 25.7. The second kappa shape index (κ2) is 9.26. The van der Waals surface area contributed by atoms with E-state index < -0.39 is 17.7 Å². The Bertz CT molecular complexity index is 1090. The SMILES string of the molecule is CCOC(=O)c1c(C)c(C(=O)Nc2ccc(Br)cc2F)c(C)n1Cc1ccccc1. The maximum atomic E-state index is 14.2. The van der Waals surface area contributed by atoms with Crippen molar-refractivity contribution < 1.29 is 18.7 Å². The first-order chi connectivity index (χ1) is 14.3. The summed E-state index contributed by atoms with van der Waals surface area (Å²) < 4.78 is 21.8. The summed E-state index contributed by atoms with van der Waals surface area (Å²) in [5.74, 6) is -1.53. The maximum absolute atomic E-state index is 14.2. The van der Waals surface area contributed by atoms with E-state index in [1.165, 1.54) is 12.1 Å². The number of anilines is 1. The van der Waals surface area contributed by atoms with Crippen LogP contribution in [0, 0.1) is 19.7 Å². The summed E-state index contributed by atoms with van der Waals surface area (Å²) in [6.45, 7) is 5.83. The third-order valence-corrected chi connectivity index (χ3v) is 5.32. The number of carbonyl (C=O) groups is 2. The number of nitrogens with zero attached hydrogens (tertiary/aromatic N) is 1. The molecule has 3 aromatic rings. The van der Waals surface area contributed by atoms with Crippen molar-refractivity contribution in [2.24, 2.45) is 0 Å². The number of rotatable bonds is 6. The van der Waals surface area contributed by atoms with E-state index in [-0.39, 0.29) is 12.3 Å². The van der Waals surface area contributed by atoms with Gasteiger partial charge in [0.05, 0.1) is 17.9 Å². The van der Waals surface area contributed by atoms with E-state index in [0.29, 0.717) is 33.5 Å². The topological polar surface area (TPSA) is 60.3 Å². The minimum Gasteiger partial charge on any atom is -0.461 e. The Kier molecular flexibility index (Phi) is 6.72. The van der Waals surface area contributed by atoms with E-state index in [2.05, 4.69) is 21.2 Å². The third kappa shape index (κ3) is 4.46. The second-order valence-corrected chi connectivity index (χ2v) is 7.72. The van der Waals surface area contributed by atoms with E-state index in [0.717, 1.165) is 5.56 Å². The predicted octanol–water partition coefficient (Wildman–Crippen LogP) is 5.48. The summed E-state index contributed by atoms with van der Waals surface area (Å²) in [6.07, 6.45) is 0. The maximum Gasteiger partial charge on any atom is 0.355 e. The van der Waals surface area contributed by atoms with Crippen LogP contribution in [0.25, 0.3) is 0 Å². The zero-order valence-corrected chi connectivity index (χ0v) is 18.5. The molecule has 1 aromatic heterocycles. The lowest BCUT2D eigenvalue weighted by Crippen LogP contribution is -2.15. The van der Waals surface area contributed by atoms with Gasteiger partial charge in [0, 0.05) is 16.7 Å². The number of carbonyl (C=O) groups excluding carboxylic acids is 2. The lowest BCUT2D eigenvalue weighted by Gasteiger charge is -2.12. The van der Waals surface area contributed by atoms with Crippen molar-refractivity contribution in [3.63, 3.8) is 0 Å². The molecule has 0 aliphatic rings. The van der Waals surface area contributed by atoms with Gasteiger partial charge < -0.3 is 14.6 Å². The van der Waals surface area contributed by atoms with Crippen molar-refractivity contribution in [2.45, 2.75) is 27.3 Å². The lowest BCUT2D eigenvalue weighted by molar-refractivity contribution is 0.0513. The van der Waals surface area contributed by atoms with Crippen LogP contribution in [0.15, 0.2) is 53.0 Å². The molecule has 7 heteroatoms. The van der Waals surface area contributed by atoms with Crippen LogP contribution in [-0.4, -0.2) is 23.1 Å². The number of aromatic nitrogens is 1. The molecule has 30 heavy (non-hydrogen) atoms. The number of benzene rings is 2. The van der Waals surface area contributed by atoms with Crippen LogP contribution in [0.4, 0.5) is 10.1 Å². The molecular formula is C23H22BrFN2O3. The van der Waals surface area contributed by atoms with E-state index in [1.54, 1.807) is 31.4 Å². The molecule has 3 rings (SSSR count). The third-order valence-electron chi connectivity index (χ3n) is 4.83. The molecule has 1 amide bonds. The molecule has 0 aliphatic carbocycles.